The Morgan fingerprint density at radius 1 is 1.65 bits per heavy atom. The van der Waals surface area contributed by atoms with E-state index in [0.717, 1.165) is 19.3 Å². The Balaban J connectivity index is 2.05. The van der Waals surface area contributed by atoms with Crippen LogP contribution in [0.5, 0.6) is 0 Å². The van der Waals surface area contributed by atoms with Crippen molar-refractivity contribution in [1.29, 1.82) is 0 Å². The van der Waals surface area contributed by atoms with Crippen LogP contribution in [0.25, 0.3) is 0 Å². The first-order valence-electron chi connectivity index (χ1n) is 6.34. The van der Waals surface area contributed by atoms with Crippen molar-refractivity contribution < 1.29 is 9.90 Å². The fourth-order valence-electron chi connectivity index (χ4n) is 2.11. The lowest BCUT2D eigenvalue weighted by Crippen LogP contribution is -2.38. The zero-order valence-electron chi connectivity index (χ0n) is 10.2. The van der Waals surface area contributed by atoms with Crippen LogP contribution in [0.1, 0.15) is 49.1 Å². The van der Waals surface area contributed by atoms with Gasteiger partial charge < -0.3 is 15.0 Å². The molecule has 0 saturated heterocycles. The van der Waals surface area contributed by atoms with Crippen molar-refractivity contribution in [2.75, 3.05) is 6.61 Å². The Morgan fingerprint density at radius 3 is 2.94 bits per heavy atom. The van der Waals surface area contributed by atoms with Crippen molar-refractivity contribution >= 4 is 5.91 Å². The summed E-state index contributed by atoms with van der Waals surface area (Å²) in [5, 5.41) is 11.9. The molecule has 0 bridgehead atoms. The van der Waals surface area contributed by atoms with Crippen LogP contribution in [-0.2, 0) is 0 Å². The van der Waals surface area contributed by atoms with E-state index in [4.69, 9.17) is 5.11 Å². The molecule has 1 amide bonds. The number of hydrogen-bond acceptors (Lipinski definition) is 2. The van der Waals surface area contributed by atoms with E-state index in [1.165, 1.54) is 6.42 Å². The topological polar surface area (TPSA) is 54.3 Å². The lowest BCUT2D eigenvalue weighted by molar-refractivity contribution is 0.0899. The Kier molecular flexibility index (Phi) is 3.84. The monoisotopic (exact) mass is 236 g/mol. The summed E-state index contributed by atoms with van der Waals surface area (Å²) in [5.74, 6) is -0.0807. The number of nitrogens with zero attached hydrogens (tertiary/aromatic N) is 1. The molecule has 1 heterocycles. The third-order valence-corrected chi connectivity index (χ3v) is 3.53. The zero-order chi connectivity index (χ0) is 12.3. The molecule has 1 fully saturated rings. The summed E-state index contributed by atoms with van der Waals surface area (Å²) in [7, 11) is 0. The summed E-state index contributed by atoms with van der Waals surface area (Å²) in [6.07, 6.45) is 6.28. The molecule has 1 unspecified atom stereocenters. The minimum absolute atomic E-state index is 0.00756. The molecule has 4 nitrogen and oxygen atoms in total. The van der Waals surface area contributed by atoms with Crippen LogP contribution in [0.3, 0.4) is 0 Å². The molecule has 1 aliphatic rings. The van der Waals surface area contributed by atoms with Gasteiger partial charge in [0.05, 0.1) is 12.6 Å². The first kappa shape index (κ1) is 12.2. The summed E-state index contributed by atoms with van der Waals surface area (Å²) in [6.45, 7) is 1.94. The second kappa shape index (κ2) is 5.36. The Hall–Kier alpha value is -1.29. The van der Waals surface area contributed by atoms with E-state index in [0.29, 0.717) is 11.7 Å². The number of aromatic nitrogens is 1. The van der Waals surface area contributed by atoms with Crippen LogP contribution in [0.2, 0.25) is 0 Å². The van der Waals surface area contributed by atoms with Gasteiger partial charge in [-0.25, -0.2) is 0 Å². The third-order valence-electron chi connectivity index (χ3n) is 3.53. The fourth-order valence-corrected chi connectivity index (χ4v) is 2.11. The average molecular weight is 236 g/mol. The molecule has 0 spiro atoms. The molecule has 1 aromatic heterocycles. The number of amides is 1. The molecule has 1 aromatic rings. The Morgan fingerprint density at radius 2 is 2.41 bits per heavy atom. The molecule has 17 heavy (non-hydrogen) atoms. The Bertz CT molecular complexity index is 379. The van der Waals surface area contributed by atoms with Crippen LogP contribution in [0.4, 0.5) is 0 Å². The SMILES string of the molecule is CCC(CO)NC(=O)c1cccn1C1CCC1. The summed E-state index contributed by atoms with van der Waals surface area (Å²) in [4.78, 5) is 12.1. The predicted molar refractivity (Wildman–Crippen MR) is 66.0 cm³/mol. The van der Waals surface area contributed by atoms with Crippen molar-refractivity contribution in [2.24, 2.45) is 0 Å². The number of rotatable bonds is 5. The minimum atomic E-state index is -0.146. The summed E-state index contributed by atoms with van der Waals surface area (Å²) >= 11 is 0. The van der Waals surface area contributed by atoms with Crippen molar-refractivity contribution in [2.45, 2.75) is 44.7 Å². The molecule has 0 aromatic carbocycles. The van der Waals surface area contributed by atoms with Gasteiger partial charge in [-0.05, 0) is 37.8 Å². The van der Waals surface area contributed by atoms with E-state index in [9.17, 15) is 4.79 Å². The maximum Gasteiger partial charge on any atom is 0.268 e. The smallest absolute Gasteiger partial charge is 0.268 e. The zero-order valence-corrected chi connectivity index (χ0v) is 10.2. The fraction of sp³-hybridized carbons (Fsp3) is 0.615. The first-order chi connectivity index (χ1) is 8.26. The number of carbonyl (C=O) groups is 1. The second-order valence-electron chi connectivity index (χ2n) is 4.65. The molecule has 1 aliphatic carbocycles. The molecule has 4 heteroatoms. The van der Waals surface area contributed by atoms with E-state index < -0.39 is 0 Å². The molecule has 0 aliphatic heterocycles. The standard InChI is InChI=1S/C13H20N2O2/c1-2-10(9-16)14-13(17)12-7-4-8-15(12)11-5-3-6-11/h4,7-8,10-11,16H,2-3,5-6,9H2,1H3,(H,14,17). The molecule has 2 N–H and O–H groups in total. The maximum atomic E-state index is 12.1. The van der Waals surface area contributed by atoms with Gasteiger partial charge in [0.25, 0.3) is 5.91 Å². The molecular weight excluding hydrogens is 216 g/mol. The van der Waals surface area contributed by atoms with E-state index in [2.05, 4.69) is 9.88 Å². The maximum absolute atomic E-state index is 12.1. The number of aliphatic hydroxyl groups excluding tert-OH is 1. The van der Waals surface area contributed by atoms with Crippen molar-refractivity contribution in [3.8, 4) is 0 Å². The minimum Gasteiger partial charge on any atom is -0.394 e. The van der Waals surface area contributed by atoms with Crippen molar-refractivity contribution in [3.05, 3.63) is 24.0 Å². The number of hydrogen-bond donors (Lipinski definition) is 2. The van der Waals surface area contributed by atoms with E-state index in [-0.39, 0.29) is 18.6 Å². The third kappa shape index (κ3) is 2.52. The summed E-state index contributed by atoms with van der Waals surface area (Å²) in [5.41, 5.74) is 0.710. The molecule has 0 radical (unpaired) electrons. The quantitative estimate of drug-likeness (QED) is 0.817. The number of carbonyl (C=O) groups excluding carboxylic acids is 1. The van der Waals surface area contributed by atoms with Gasteiger partial charge >= 0.3 is 0 Å². The predicted octanol–water partition coefficient (Wildman–Crippen LogP) is 1.71. The van der Waals surface area contributed by atoms with E-state index in [1.54, 1.807) is 0 Å². The van der Waals surface area contributed by atoms with Gasteiger partial charge in [0.1, 0.15) is 5.69 Å². The van der Waals surface area contributed by atoms with Gasteiger partial charge in [-0.3, -0.25) is 4.79 Å². The van der Waals surface area contributed by atoms with Gasteiger partial charge in [0.2, 0.25) is 0 Å². The van der Waals surface area contributed by atoms with E-state index in [1.807, 2.05) is 25.3 Å². The average Bonchev–Trinajstić information content (AvgIpc) is 2.72. The van der Waals surface area contributed by atoms with Crippen LogP contribution in [0, 0.1) is 0 Å². The lowest BCUT2D eigenvalue weighted by Gasteiger charge is -2.29. The Labute approximate surface area is 102 Å². The largest absolute Gasteiger partial charge is 0.394 e. The molecule has 2 rings (SSSR count). The van der Waals surface area contributed by atoms with Gasteiger partial charge in [-0.2, -0.15) is 0 Å². The highest BCUT2D eigenvalue weighted by Gasteiger charge is 2.23. The summed E-state index contributed by atoms with van der Waals surface area (Å²) in [6, 6.07) is 4.09. The lowest BCUT2D eigenvalue weighted by atomic mass is 9.93. The van der Waals surface area contributed by atoms with Crippen LogP contribution in [-0.4, -0.2) is 28.2 Å². The van der Waals surface area contributed by atoms with Gasteiger partial charge in [0.15, 0.2) is 0 Å². The highest BCUT2D eigenvalue weighted by atomic mass is 16.3. The number of aliphatic hydroxyl groups is 1. The van der Waals surface area contributed by atoms with Crippen LogP contribution in [0.15, 0.2) is 18.3 Å². The first-order valence-corrected chi connectivity index (χ1v) is 6.34. The molecule has 1 atom stereocenters. The van der Waals surface area contributed by atoms with Crippen molar-refractivity contribution in [3.63, 3.8) is 0 Å². The van der Waals surface area contributed by atoms with Crippen molar-refractivity contribution in [1.82, 2.24) is 9.88 Å². The van der Waals surface area contributed by atoms with Crippen LogP contribution >= 0.6 is 0 Å². The van der Waals surface area contributed by atoms with Gasteiger partial charge in [-0.1, -0.05) is 6.92 Å². The molecular formula is C13H20N2O2. The van der Waals surface area contributed by atoms with Crippen LogP contribution < -0.4 is 5.32 Å². The molecule has 1 saturated carbocycles. The number of nitrogens with one attached hydrogen (secondary N) is 1. The highest BCUT2D eigenvalue weighted by Crippen LogP contribution is 2.32. The molecule has 94 valence electrons. The van der Waals surface area contributed by atoms with E-state index >= 15 is 0 Å². The van der Waals surface area contributed by atoms with Gasteiger partial charge in [-0.15, -0.1) is 0 Å². The highest BCUT2D eigenvalue weighted by molar-refractivity contribution is 5.93. The normalized spacial score (nSPS) is 17.5. The van der Waals surface area contributed by atoms with Gasteiger partial charge in [0, 0.05) is 12.2 Å². The second-order valence-corrected chi connectivity index (χ2v) is 4.65. The summed E-state index contributed by atoms with van der Waals surface area (Å²) < 4.78 is 2.06.